The third-order valence-corrected chi connectivity index (χ3v) is 5.44. The number of fused-ring (bicyclic) bond motifs is 1. The molecule has 4 N–H and O–H groups in total. The normalized spacial score (nSPS) is 11.8. The highest BCUT2D eigenvalue weighted by Crippen LogP contribution is 2.24. The van der Waals surface area contributed by atoms with Crippen molar-refractivity contribution >= 4 is 34.1 Å². The van der Waals surface area contributed by atoms with Crippen molar-refractivity contribution in [3.05, 3.63) is 70.4 Å². The number of amides is 1. The van der Waals surface area contributed by atoms with Gasteiger partial charge in [-0.2, -0.15) is 0 Å². The van der Waals surface area contributed by atoms with E-state index in [2.05, 4.69) is 27.0 Å². The van der Waals surface area contributed by atoms with Gasteiger partial charge in [0.05, 0.1) is 11.7 Å². The summed E-state index contributed by atoms with van der Waals surface area (Å²) in [6.07, 6.45) is 1.06. The summed E-state index contributed by atoms with van der Waals surface area (Å²) in [5.41, 5.74) is 7.79. The Labute approximate surface area is 193 Å². The third kappa shape index (κ3) is 5.98. The van der Waals surface area contributed by atoms with E-state index in [-0.39, 0.29) is 12.5 Å². The molecule has 166 valence electrons. The summed E-state index contributed by atoms with van der Waals surface area (Å²) in [7, 11) is 0. The molecule has 0 radical (unpaired) electrons. The van der Waals surface area contributed by atoms with Crippen LogP contribution in [0.15, 0.2) is 48.7 Å². The first kappa shape index (κ1) is 23.6. The van der Waals surface area contributed by atoms with Crippen LogP contribution in [0.25, 0.3) is 10.8 Å². The predicted molar refractivity (Wildman–Crippen MR) is 130 cm³/mol. The number of carbonyl (C=O) groups excluding carboxylic acids is 1. The zero-order valence-electron chi connectivity index (χ0n) is 18.2. The van der Waals surface area contributed by atoms with Gasteiger partial charge in [-0.15, -0.1) is 0 Å². The molecule has 0 aliphatic rings. The van der Waals surface area contributed by atoms with Crippen LogP contribution in [-0.2, 0) is 0 Å². The standard InChI is InChI=1S/C25H27ClN4O2/c1-3-30(4-2)16-21(31)15-29-25(32)18-7-5-6-17(12-18)8-11-22-23-13-20(26)10-9-19(23)14-28-24(22)27/h5-7,9-10,12-14,21,31H,3-4,15-16H2,1-2H3,(H2,27,28)(H,29,32). The summed E-state index contributed by atoms with van der Waals surface area (Å²) in [4.78, 5) is 18.9. The number of carbonyl (C=O) groups is 1. The van der Waals surface area contributed by atoms with Crippen LogP contribution in [0.3, 0.4) is 0 Å². The molecule has 32 heavy (non-hydrogen) atoms. The third-order valence-electron chi connectivity index (χ3n) is 5.20. The zero-order chi connectivity index (χ0) is 23.1. The van der Waals surface area contributed by atoms with E-state index >= 15 is 0 Å². The molecular weight excluding hydrogens is 424 g/mol. The van der Waals surface area contributed by atoms with Crippen molar-refractivity contribution in [1.29, 1.82) is 0 Å². The maximum absolute atomic E-state index is 12.5. The van der Waals surface area contributed by atoms with Crippen molar-refractivity contribution in [2.75, 3.05) is 31.9 Å². The highest BCUT2D eigenvalue weighted by molar-refractivity contribution is 6.31. The second-order valence-electron chi connectivity index (χ2n) is 7.43. The lowest BCUT2D eigenvalue weighted by Crippen LogP contribution is -2.40. The van der Waals surface area contributed by atoms with E-state index in [9.17, 15) is 9.90 Å². The number of likely N-dealkylation sites (N-methyl/N-ethyl adjacent to an activating group) is 1. The molecule has 7 heteroatoms. The van der Waals surface area contributed by atoms with Gasteiger partial charge in [0, 0.05) is 46.2 Å². The van der Waals surface area contributed by atoms with Gasteiger partial charge in [0.25, 0.3) is 5.91 Å². The minimum atomic E-state index is -0.629. The number of nitrogens with one attached hydrogen (secondary N) is 1. The van der Waals surface area contributed by atoms with E-state index in [4.69, 9.17) is 17.3 Å². The van der Waals surface area contributed by atoms with E-state index in [1.807, 2.05) is 32.0 Å². The van der Waals surface area contributed by atoms with Crippen molar-refractivity contribution < 1.29 is 9.90 Å². The number of hydrogen-bond acceptors (Lipinski definition) is 5. The van der Waals surface area contributed by atoms with E-state index < -0.39 is 6.10 Å². The van der Waals surface area contributed by atoms with E-state index in [1.54, 1.807) is 30.5 Å². The summed E-state index contributed by atoms with van der Waals surface area (Å²) in [6, 6.07) is 12.5. The Morgan fingerprint density at radius 2 is 2.00 bits per heavy atom. The molecule has 1 unspecified atom stereocenters. The quantitative estimate of drug-likeness (QED) is 0.480. The van der Waals surface area contributed by atoms with E-state index in [1.165, 1.54) is 0 Å². The number of nitrogen functional groups attached to an aromatic ring is 1. The Kier molecular flexibility index (Phi) is 8.07. The second kappa shape index (κ2) is 11.0. The smallest absolute Gasteiger partial charge is 0.251 e. The monoisotopic (exact) mass is 450 g/mol. The SMILES string of the molecule is CCN(CC)CC(O)CNC(=O)c1cccc(C#Cc2c(N)ncc3ccc(Cl)cc23)c1. The lowest BCUT2D eigenvalue weighted by atomic mass is 10.1. The second-order valence-corrected chi connectivity index (χ2v) is 7.87. The molecule has 1 aromatic heterocycles. The Balaban J connectivity index is 1.75. The first-order chi connectivity index (χ1) is 15.4. The summed E-state index contributed by atoms with van der Waals surface area (Å²) in [5.74, 6) is 6.21. The fourth-order valence-corrected chi connectivity index (χ4v) is 3.53. The Morgan fingerprint density at radius 3 is 2.75 bits per heavy atom. The Hall–Kier alpha value is -3.11. The minimum Gasteiger partial charge on any atom is -0.390 e. The maximum atomic E-state index is 12.5. The van der Waals surface area contributed by atoms with Crippen LogP contribution in [0.1, 0.15) is 35.3 Å². The summed E-state index contributed by atoms with van der Waals surface area (Å²) < 4.78 is 0. The molecule has 1 heterocycles. The molecular formula is C25H27ClN4O2. The van der Waals surface area contributed by atoms with Crippen LogP contribution in [0.4, 0.5) is 5.82 Å². The zero-order valence-corrected chi connectivity index (χ0v) is 19.0. The molecule has 0 aliphatic heterocycles. The number of nitrogens with zero attached hydrogens (tertiary/aromatic N) is 2. The number of aliphatic hydroxyl groups excluding tert-OH is 1. The molecule has 1 amide bonds. The topological polar surface area (TPSA) is 91.5 Å². The first-order valence-corrected chi connectivity index (χ1v) is 10.9. The minimum absolute atomic E-state index is 0.185. The first-order valence-electron chi connectivity index (χ1n) is 10.6. The van der Waals surface area contributed by atoms with Gasteiger partial charge < -0.3 is 21.1 Å². The van der Waals surface area contributed by atoms with Crippen molar-refractivity contribution in [3.63, 3.8) is 0 Å². The van der Waals surface area contributed by atoms with Crippen LogP contribution in [0, 0.1) is 11.8 Å². The van der Waals surface area contributed by atoms with Gasteiger partial charge >= 0.3 is 0 Å². The molecule has 0 fully saturated rings. The van der Waals surface area contributed by atoms with Crippen LogP contribution >= 0.6 is 11.6 Å². The maximum Gasteiger partial charge on any atom is 0.251 e. The highest BCUT2D eigenvalue weighted by Gasteiger charge is 2.12. The number of pyridine rings is 1. The van der Waals surface area contributed by atoms with Crippen LogP contribution in [0.5, 0.6) is 0 Å². The number of rotatable bonds is 7. The lowest BCUT2D eigenvalue weighted by molar-refractivity contribution is 0.0869. The van der Waals surface area contributed by atoms with Crippen molar-refractivity contribution in [2.45, 2.75) is 20.0 Å². The molecule has 2 aromatic carbocycles. The van der Waals surface area contributed by atoms with Crippen LogP contribution < -0.4 is 11.1 Å². The highest BCUT2D eigenvalue weighted by atomic mass is 35.5. The van der Waals surface area contributed by atoms with Gasteiger partial charge in [0.1, 0.15) is 5.82 Å². The van der Waals surface area contributed by atoms with E-state index in [0.29, 0.717) is 34.1 Å². The van der Waals surface area contributed by atoms with Gasteiger partial charge in [0.15, 0.2) is 0 Å². The lowest BCUT2D eigenvalue weighted by Gasteiger charge is -2.22. The summed E-state index contributed by atoms with van der Waals surface area (Å²) in [6.45, 7) is 6.49. The van der Waals surface area contributed by atoms with Gasteiger partial charge in [-0.1, -0.05) is 49.4 Å². The number of benzene rings is 2. The fraction of sp³-hybridized carbons (Fsp3) is 0.280. The molecule has 0 spiro atoms. The van der Waals surface area contributed by atoms with Crippen LogP contribution in [-0.4, -0.2) is 53.2 Å². The number of halogens is 1. The number of hydrogen-bond donors (Lipinski definition) is 3. The molecule has 3 rings (SSSR count). The van der Waals surface area contributed by atoms with Gasteiger partial charge in [-0.25, -0.2) is 4.98 Å². The molecule has 1 atom stereocenters. The molecule has 0 aliphatic carbocycles. The van der Waals surface area contributed by atoms with Crippen molar-refractivity contribution in [1.82, 2.24) is 15.2 Å². The van der Waals surface area contributed by atoms with E-state index in [0.717, 1.165) is 23.9 Å². The molecule has 0 bridgehead atoms. The van der Waals surface area contributed by atoms with Gasteiger partial charge in [0.2, 0.25) is 0 Å². The Bertz CT molecular complexity index is 1160. The number of aliphatic hydroxyl groups is 1. The molecule has 3 aromatic rings. The van der Waals surface area contributed by atoms with Crippen LogP contribution in [0.2, 0.25) is 5.02 Å². The van der Waals surface area contributed by atoms with Gasteiger partial charge in [-0.05, 0) is 43.4 Å². The largest absolute Gasteiger partial charge is 0.390 e. The molecule has 6 nitrogen and oxygen atoms in total. The predicted octanol–water partition coefficient (Wildman–Crippen LogP) is 3.30. The number of nitrogens with two attached hydrogens (primary N) is 1. The summed E-state index contributed by atoms with van der Waals surface area (Å²) >= 11 is 6.14. The number of anilines is 1. The van der Waals surface area contributed by atoms with Crippen molar-refractivity contribution in [2.24, 2.45) is 0 Å². The molecule has 0 saturated carbocycles. The summed E-state index contributed by atoms with van der Waals surface area (Å²) in [5, 5.41) is 15.3. The van der Waals surface area contributed by atoms with Gasteiger partial charge in [-0.3, -0.25) is 4.79 Å². The average Bonchev–Trinajstić information content (AvgIpc) is 2.80. The molecule has 0 saturated heterocycles. The fourth-order valence-electron chi connectivity index (χ4n) is 3.36. The Morgan fingerprint density at radius 1 is 1.22 bits per heavy atom. The number of aromatic nitrogens is 1. The average molecular weight is 451 g/mol. The van der Waals surface area contributed by atoms with Crippen molar-refractivity contribution in [3.8, 4) is 11.8 Å².